The summed E-state index contributed by atoms with van der Waals surface area (Å²) in [4.78, 5) is 6.82. The number of hydrogen-bond donors (Lipinski definition) is 1. The van der Waals surface area contributed by atoms with Crippen molar-refractivity contribution in [3.63, 3.8) is 0 Å². The number of para-hydroxylation sites is 1. The molecule has 164 valence electrons. The van der Waals surface area contributed by atoms with Gasteiger partial charge >= 0.3 is 0 Å². The standard InChI is InChI=1S/C27H24N4OS/c1-17-12-14-20(15-13-17)24-23(19(3)31(27(33)28-24)22-10-5-4-6-11-22)26-29-25(30-32-26)21-9-7-8-18(2)16-21/h4-16,24H,1-3H3,(H,28,33). The zero-order valence-corrected chi connectivity index (χ0v) is 19.6. The van der Waals surface area contributed by atoms with Crippen LogP contribution in [-0.4, -0.2) is 15.3 Å². The third-order valence-corrected chi connectivity index (χ3v) is 6.14. The SMILES string of the molecule is CC1=C(c2nc(-c3cccc(C)c3)no2)C(c2ccc(C)cc2)NC(=S)N1c1ccccc1. The molecule has 33 heavy (non-hydrogen) atoms. The topological polar surface area (TPSA) is 54.2 Å². The van der Waals surface area contributed by atoms with Gasteiger partial charge in [-0.05, 0) is 56.8 Å². The minimum absolute atomic E-state index is 0.205. The van der Waals surface area contributed by atoms with Crippen LogP contribution in [0.5, 0.6) is 0 Å². The number of hydrogen-bond acceptors (Lipinski definition) is 4. The van der Waals surface area contributed by atoms with E-state index in [-0.39, 0.29) is 6.04 Å². The Balaban J connectivity index is 1.65. The lowest BCUT2D eigenvalue weighted by Crippen LogP contribution is -2.46. The highest BCUT2D eigenvalue weighted by Crippen LogP contribution is 2.39. The first-order valence-corrected chi connectivity index (χ1v) is 11.3. The fourth-order valence-corrected chi connectivity index (χ4v) is 4.51. The maximum absolute atomic E-state index is 5.83. The first kappa shape index (κ1) is 21.1. The summed E-state index contributed by atoms with van der Waals surface area (Å²) in [6, 6.07) is 26.4. The number of aryl methyl sites for hydroxylation is 2. The molecule has 5 rings (SSSR count). The summed E-state index contributed by atoms with van der Waals surface area (Å²) in [5.41, 5.74) is 7.19. The summed E-state index contributed by atoms with van der Waals surface area (Å²) in [5.74, 6) is 1.04. The summed E-state index contributed by atoms with van der Waals surface area (Å²) >= 11 is 5.80. The highest BCUT2D eigenvalue weighted by Gasteiger charge is 2.34. The molecule has 3 aromatic carbocycles. The minimum atomic E-state index is -0.205. The molecular weight excluding hydrogens is 428 g/mol. The normalized spacial score (nSPS) is 16.2. The molecule has 4 aromatic rings. The monoisotopic (exact) mass is 452 g/mol. The van der Waals surface area contributed by atoms with E-state index in [1.807, 2.05) is 67.3 Å². The van der Waals surface area contributed by atoms with Gasteiger partial charge in [-0.2, -0.15) is 4.98 Å². The highest BCUT2D eigenvalue weighted by molar-refractivity contribution is 7.80. The molecule has 1 aliphatic rings. The molecule has 1 unspecified atom stereocenters. The van der Waals surface area contributed by atoms with Gasteiger partial charge in [-0.15, -0.1) is 0 Å². The van der Waals surface area contributed by atoms with Crippen molar-refractivity contribution in [2.45, 2.75) is 26.8 Å². The molecule has 0 amide bonds. The molecule has 0 bridgehead atoms. The summed E-state index contributed by atoms with van der Waals surface area (Å²) in [5, 5.41) is 8.44. The van der Waals surface area contributed by atoms with Crippen molar-refractivity contribution in [3.8, 4) is 11.4 Å². The zero-order valence-electron chi connectivity index (χ0n) is 18.7. The summed E-state index contributed by atoms with van der Waals surface area (Å²) in [7, 11) is 0. The molecule has 1 aromatic heterocycles. The van der Waals surface area contributed by atoms with E-state index in [0.717, 1.165) is 33.6 Å². The third-order valence-electron chi connectivity index (χ3n) is 5.84. The van der Waals surface area contributed by atoms with E-state index in [0.29, 0.717) is 16.8 Å². The zero-order chi connectivity index (χ0) is 22.9. The third kappa shape index (κ3) is 4.05. The van der Waals surface area contributed by atoms with Crippen LogP contribution in [0.15, 0.2) is 89.1 Å². The number of nitrogens with zero attached hydrogens (tertiary/aromatic N) is 3. The number of aromatic nitrogens is 2. The van der Waals surface area contributed by atoms with E-state index >= 15 is 0 Å². The van der Waals surface area contributed by atoms with Crippen molar-refractivity contribution in [1.82, 2.24) is 15.5 Å². The number of benzene rings is 3. The average molecular weight is 453 g/mol. The molecule has 0 aliphatic carbocycles. The molecule has 0 saturated heterocycles. The van der Waals surface area contributed by atoms with Gasteiger partial charge in [0, 0.05) is 16.9 Å². The minimum Gasteiger partial charge on any atom is -0.351 e. The van der Waals surface area contributed by atoms with Crippen molar-refractivity contribution in [3.05, 3.63) is 107 Å². The van der Waals surface area contributed by atoms with Crippen molar-refractivity contribution in [2.24, 2.45) is 0 Å². The second-order valence-corrected chi connectivity index (χ2v) is 8.64. The van der Waals surface area contributed by atoms with Gasteiger partial charge in [0.25, 0.3) is 5.89 Å². The molecule has 0 spiro atoms. The van der Waals surface area contributed by atoms with Crippen LogP contribution >= 0.6 is 12.2 Å². The van der Waals surface area contributed by atoms with Gasteiger partial charge < -0.3 is 9.84 Å². The largest absolute Gasteiger partial charge is 0.351 e. The Morgan fingerprint density at radius 2 is 1.64 bits per heavy atom. The van der Waals surface area contributed by atoms with E-state index < -0.39 is 0 Å². The maximum Gasteiger partial charge on any atom is 0.258 e. The Hall–Kier alpha value is -3.77. The van der Waals surface area contributed by atoms with Gasteiger partial charge in [-0.3, -0.25) is 4.90 Å². The lowest BCUT2D eigenvalue weighted by atomic mass is 9.94. The molecule has 0 radical (unpaired) electrons. The quantitative estimate of drug-likeness (QED) is 0.371. The molecule has 0 saturated carbocycles. The van der Waals surface area contributed by atoms with Gasteiger partial charge in [-0.1, -0.05) is 76.9 Å². The second-order valence-electron chi connectivity index (χ2n) is 8.26. The van der Waals surface area contributed by atoms with Crippen molar-refractivity contribution in [2.75, 3.05) is 4.90 Å². The summed E-state index contributed by atoms with van der Waals surface area (Å²) < 4.78 is 5.83. The van der Waals surface area contributed by atoms with E-state index in [2.05, 4.69) is 47.7 Å². The summed E-state index contributed by atoms with van der Waals surface area (Å²) in [6.07, 6.45) is 0. The van der Waals surface area contributed by atoms with Gasteiger partial charge in [0.15, 0.2) is 5.11 Å². The molecule has 0 fully saturated rings. The van der Waals surface area contributed by atoms with E-state index in [9.17, 15) is 0 Å². The molecular formula is C27H24N4OS. The van der Waals surface area contributed by atoms with Crippen LogP contribution in [0.25, 0.3) is 17.0 Å². The number of allylic oxidation sites excluding steroid dienone is 1. The van der Waals surface area contributed by atoms with Crippen LogP contribution in [0, 0.1) is 13.8 Å². The fraction of sp³-hybridized carbons (Fsp3) is 0.148. The van der Waals surface area contributed by atoms with Crippen LogP contribution < -0.4 is 10.2 Å². The van der Waals surface area contributed by atoms with E-state index in [4.69, 9.17) is 21.7 Å². The van der Waals surface area contributed by atoms with Crippen molar-refractivity contribution >= 4 is 28.6 Å². The predicted octanol–water partition coefficient (Wildman–Crippen LogP) is 6.22. The lowest BCUT2D eigenvalue weighted by Gasteiger charge is -2.37. The Labute approximate surface area is 198 Å². The molecule has 5 nitrogen and oxygen atoms in total. The van der Waals surface area contributed by atoms with Crippen LogP contribution in [0.4, 0.5) is 5.69 Å². The maximum atomic E-state index is 5.83. The van der Waals surface area contributed by atoms with Crippen LogP contribution in [-0.2, 0) is 0 Å². The molecule has 6 heteroatoms. The molecule has 1 aliphatic heterocycles. The Morgan fingerprint density at radius 1 is 0.879 bits per heavy atom. The second kappa shape index (κ2) is 8.64. The highest BCUT2D eigenvalue weighted by atomic mass is 32.1. The first-order valence-electron chi connectivity index (χ1n) is 10.9. The van der Waals surface area contributed by atoms with Crippen molar-refractivity contribution in [1.29, 1.82) is 0 Å². The van der Waals surface area contributed by atoms with Gasteiger partial charge in [-0.25, -0.2) is 0 Å². The number of thiocarbonyl (C=S) groups is 1. The predicted molar refractivity (Wildman–Crippen MR) is 136 cm³/mol. The number of anilines is 1. The van der Waals surface area contributed by atoms with E-state index in [1.54, 1.807) is 0 Å². The molecule has 1 atom stereocenters. The Bertz CT molecular complexity index is 1340. The smallest absolute Gasteiger partial charge is 0.258 e. The Kier molecular flexibility index (Phi) is 5.52. The van der Waals surface area contributed by atoms with Crippen LogP contribution in [0.1, 0.15) is 35.5 Å². The molecule has 1 N–H and O–H groups in total. The van der Waals surface area contributed by atoms with Gasteiger partial charge in [0.05, 0.1) is 11.6 Å². The van der Waals surface area contributed by atoms with Crippen LogP contribution in [0.3, 0.4) is 0 Å². The van der Waals surface area contributed by atoms with Crippen molar-refractivity contribution < 1.29 is 4.52 Å². The lowest BCUT2D eigenvalue weighted by molar-refractivity contribution is 0.404. The Morgan fingerprint density at radius 3 is 2.36 bits per heavy atom. The van der Waals surface area contributed by atoms with Gasteiger partial charge in [0.2, 0.25) is 5.82 Å². The average Bonchev–Trinajstić information content (AvgIpc) is 3.30. The van der Waals surface area contributed by atoms with Gasteiger partial charge in [0.1, 0.15) is 0 Å². The summed E-state index contributed by atoms with van der Waals surface area (Å²) in [6.45, 7) is 6.18. The molecule has 2 heterocycles. The fourth-order valence-electron chi connectivity index (χ4n) is 4.15. The number of nitrogens with one attached hydrogen (secondary N) is 1. The van der Waals surface area contributed by atoms with Crippen LogP contribution in [0.2, 0.25) is 0 Å². The number of rotatable bonds is 4. The first-order chi connectivity index (χ1) is 16.0. The van der Waals surface area contributed by atoms with E-state index in [1.165, 1.54) is 5.56 Å².